The maximum absolute atomic E-state index is 2.50. The monoisotopic (exact) mass is 368 g/mol. The number of fused-ring (bicyclic) bond motifs is 4. The van der Waals surface area contributed by atoms with Gasteiger partial charge in [-0.15, -0.1) is 0 Å². The fraction of sp³-hybridized carbons (Fsp3) is 0.370. The molecule has 1 heteroatoms. The normalized spacial score (nSPS) is 17.9. The van der Waals surface area contributed by atoms with Crippen LogP contribution in [-0.2, 0) is 24.3 Å². The van der Waals surface area contributed by atoms with Gasteiger partial charge in [-0.05, 0) is 64.0 Å². The molecule has 1 aromatic heterocycles. The number of rotatable bonds is 1. The summed E-state index contributed by atoms with van der Waals surface area (Å²) in [4.78, 5) is 0. The van der Waals surface area contributed by atoms with Crippen molar-refractivity contribution in [2.75, 3.05) is 0 Å². The van der Waals surface area contributed by atoms with Crippen molar-refractivity contribution in [2.45, 2.75) is 58.3 Å². The molecule has 5 rings (SSSR count). The second kappa shape index (κ2) is 5.56. The summed E-state index contributed by atoms with van der Waals surface area (Å²) in [7, 11) is 2.22. The zero-order valence-corrected chi connectivity index (χ0v) is 18.0. The van der Waals surface area contributed by atoms with Gasteiger partial charge in [0.2, 0.25) is 5.69 Å². The smallest absolute Gasteiger partial charge is 0.201 e. The summed E-state index contributed by atoms with van der Waals surface area (Å²) in [6.45, 7) is 11.9. The molecule has 0 saturated carbocycles. The Morgan fingerprint density at radius 2 is 1.57 bits per heavy atom. The second-order valence-electron chi connectivity index (χ2n) is 10.2. The summed E-state index contributed by atoms with van der Waals surface area (Å²) in [6, 6.07) is 16.0. The molecule has 1 nitrogen and oxygen atoms in total. The van der Waals surface area contributed by atoms with E-state index in [9.17, 15) is 0 Å². The lowest BCUT2D eigenvalue weighted by Gasteiger charge is -2.22. The number of aromatic nitrogens is 1. The minimum Gasteiger partial charge on any atom is -0.201 e. The molecule has 1 heterocycles. The third-order valence-electron chi connectivity index (χ3n) is 7.07. The average molecular weight is 369 g/mol. The summed E-state index contributed by atoms with van der Waals surface area (Å²) < 4.78 is 2.37. The van der Waals surface area contributed by atoms with E-state index in [-0.39, 0.29) is 10.8 Å². The quantitative estimate of drug-likeness (QED) is 0.362. The van der Waals surface area contributed by atoms with Crippen LogP contribution in [0.1, 0.15) is 61.9 Å². The molecule has 2 aromatic carbocycles. The van der Waals surface area contributed by atoms with Crippen molar-refractivity contribution in [3.63, 3.8) is 0 Å². The van der Waals surface area contributed by atoms with E-state index in [1.807, 2.05) is 0 Å². The number of hydrogen-bond acceptors (Lipinski definition) is 0. The maximum Gasteiger partial charge on any atom is 0.213 e. The Labute approximate surface area is 169 Å². The minimum absolute atomic E-state index is 0.219. The van der Waals surface area contributed by atoms with Gasteiger partial charge >= 0.3 is 0 Å². The lowest BCUT2D eigenvalue weighted by molar-refractivity contribution is -0.661. The molecule has 142 valence electrons. The first kappa shape index (κ1) is 17.7. The van der Waals surface area contributed by atoms with Gasteiger partial charge in [0.1, 0.15) is 7.05 Å². The molecule has 2 aliphatic carbocycles. The molecule has 0 unspecified atom stereocenters. The van der Waals surface area contributed by atoms with Gasteiger partial charge in [-0.1, -0.05) is 64.1 Å². The minimum atomic E-state index is 0.219. The van der Waals surface area contributed by atoms with Crippen molar-refractivity contribution >= 4 is 0 Å². The van der Waals surface area contributed by atoms with Crippen LogP contribution in [0.15, 0.2) is 48.7 Å². The van der Waals surface area contributed by atoms with Gasteiger partial charge in [0.15, 0.2) is 6.20 Å². The topological polar surface area (TPSA) is 3.88 Å². The standard InChI is InChI=1S/C27H30N/c1-17-11-12-20-19-10-8-7-9-18(19)13-21(20)25(17)24-14-22-23(15-28(24)6)27(4,5)16-26(22,2)3/h7-12,14-15H,13,16H2,1-6H3/q+1. The Hall–Kier alpha value is -2.41. The molecule has 28 heavy (non-hydrogen) atoms. The van der Waals surface area contributed by atoms with Crippen LogP contribution in [0.3, 0.4) is 0 Å². The molecule has 0 radical (unpaired) electrons. The van der Waals surface area contributed by atoms with Gasteiger partial charge in [-0.3, -0.25) is 0 Å². The van der Waals surface area contributed by atoms with Crippen molar-refractivity contribution in [2.24, 2.45) is 7.05 Å². The maximum atomic E-state index is 2.50. The first-order valence-corrected chi connectivity index (χ1v) is 10.4. The molecule has 0 spiro atoms. The molecular formula is C27H30N+. The van der Waals surface area contributed by atoms with Crippen LogP contribution in [0, 0.1) is 6.92 Å². The third kappa shape index (κ3) is 2.35. The van der Waals surface area contributed by atoms with Crippen LogP contribution in [0.5, 0.6) is 0 Å². The SMILES string of the molecule is Cc1ccc2c(c1-c1cc3c(c[n+]1C)C(C)(C)CC3(C)C)Cc1ccccc1-2. The van der Waals surface area contributed by atoms with E-state index in [1.165, 1.54) is 56.6 Å². The Bertz CT molecular complexity index is 1130. The Morgan fingerprint density at radius 3 is 2.36 bits per heavy atom. The van der Waals surface area contributed by atoms with Crippen LogP contribution in [0.2, 0.25) is 0 Å². The van der Waals surface area contributed by atoms with Crippen molar-refractivity contribution < 1.29 is 4.57 Å². The summed E-state index contributed by atoms with van der Waals surface area (Å²) in [6.07, 6.45) is 4.64. The predicted molar refractivity (Wildman–Crippen MR) is 117 cm³/mol. The molecule has 0 N–H and O–H groups in total. The zero-order valence-electron chi connectivity index (χ0n) is 18.0. The first-order chi connectivity index (χ1) is 13.2. The highest BCUT2D eigenvalue weighted by Gasteiger charge is 2.44. The van der Waals surface area contributed by atoms with Crippen molar-refractivity contribution in [3.05, 3.63) is 76.5 Å². The molecule has 2 aliphatic rings. The Kier molecular flexibility index (Phi) is 3.51. The van der Waals surface area contributed by atoms with Gasteiger partial charge in [0, 0.05) is 11.6 Å². The largest absolute Gasteiger partial charge is 0.213 e. The van der Waals surface area contributed by atoms with Gasteiger partial charge < -0.3 is 0 Å². The Morgan fingerprint density at radius 1 is 0.857 bits per heavy atom. The molecule has 0 atom stereocenters. The molecule has 0 fully saturated rings. The van der Waals surface area contributed by atoms with E-state index in [4.69, 9.17) is 0 Å². The van der Waals surface area contributed by atoms with Crippen molar-refractivity contribution in [1.82, 2.24) is 0 Å². The fourth-order valence-electron chi connectivity index (χ4n) is 5.98. The summed E-state index contributed by atoms with van der Waals surface area (Å²) >= 11 is 0. The zero-order chi connectivity index (χ0) is 19.8. The van der Waals surface area contributed by atoms with E-state index in [2.05, 4.69) is 94.9 Å². The van der Waals surface area contributed by atoms with Gasteiger partial charge in [-0.25, -0.2) is 4.57 Å². The van der Waals surface area contributed by atoms with Crippen molar-refractivity contribution in [3.8, 4) is 22.4 Å². The second-order valence-corrected chi connectivity index (χ2v) is 10.2. The van der Waals surface area contributed by atoms with Gasteiger partial charge in [-0.2, -0.15) is 0 Å². The molecule has 0 amide bonds. The predicted octanol–water partition coefficient (Wildman–Crippen LogP) is 6.02. The first-order valence-electron chi connectivity index (χ1n) is 10.4. The lowest BCUT2D eigenvalue weighted by Crippen LogP contribution is -2.33. The van der Waals surface area contributed by atoms with Gasteiger partial charge in [0.25, 0.3) is 0 Å². The highest BCUT2D eigenvalue weighted by molar-refractivity contribution is 5.85. The molecular weight excluding hydrogens is 338 g/mol. The number of pyridine rings is 1. The Balaban J connectivity index is 1.77. The fourth-order valence-corrected chi connectivity index (χ4v) is 5.98. The number of aryl methyl sites for hydroxylation is 2. The van der Waals surface area contributed by atoms with E-state index in [0.717, 1.165) is 6.42 Å². The molecule has 0 bridgehead atoms. The molecule has 0 aliphatic heterocycles. The average Bonchev–Trinajstić information content (AvgIpc) is 3.07. The summed E-state index contributed by atoms with van der Waals surface area (Å²) in [5.74, 6) is 0. The van der Waals surface area contributed by atoms with Gasteiger partial charge in [0.05, 0.1) is 5.56 Å². The van der Waals surface area contributed by atoms with E-state index in [0.29, 0.717) is 0 Å². The number of benzene rings is 2. The van der Waals surface area contributed by atoms with Crippen molar-refractivity contribution in [1.29, 1.82) is 0 Å². The molecule has 3 aromatic rings. The van der Waals surface area contributed by atoms with E-state index >= 15 is 0 Å². The van der Waals surface area contributed by atoms with Crippen LogP contribution in [0.25, 0.3) is 22.4 Å². The van der Waals surface area contributed by atoms with Crippen LogP contribution < -0.4 is 4.57 Å². The number of hydrogen-bond donors (Lipinski definition) is 0. The van der Waals surface area contributed by atoms with Crippen LogP contribution >= 0.6 is 0 Å². The third-order valence-corrected chi connectivity index (χ3v) is 7.07. The van der Waals surface area contributed by atoms with Crippen LogP contribution in [0.4, 0.5) is 0 Å². The highest BCUT2D eigenvalue weighted by Crippen LogP contribution is 2.50. The van der Waals surface area contributed by atoms with E-state index in [1.54, 1.807) is 0 Å². The summed E-state index contributed by atoms with van der Waals surface area (Å²) in [5, 5.41) is 0. The lowest BCUT2D eigenvalue weighted by atomic mass is 9.82. The molecule has 0 saturated heterocycles. The van der Waals surface area contributed by atoms with E-state index < -0.39 is 0 Å². The highest BCUT2D eigenvalue weighted by atomic mass is 14.9. The number of nitrogens with zero attached hydrogens (tertiary/aromatic N) is 1. The van der Waals surface area contributed by atoms with Crippen LogP contribution in [-0.4, -0.2) is 0 Å². The summed E-state index contributed by atoms with van der Waals surface area (Å²) in [5.41, 5.74) is 13.4.